The highest BCUT2D eigenvalue weighted by atomic mass is 32.2. The van der Waals surface area contributed by atoms with Gasteiger partial charge in [0.05, 0.1) is 19.9 Å². The average molecular weight is 368 g/mol. The monoisotopic (exact) mass is 368 g/mol. The number of ether oxygens (including phenoxy) is 1. The predicted molar refractivity (Wildman–Crippen MR) is 98.1 cm³/mol. The summed E-state index contributed by atoms with van der Waals surface area (Å²) >= 11 is 0. The predicted octanol–water partition coefficient (Wildman–Crippen LogP) is 1.76. The molecular weight excluding hydrogens is 340 g/mol. The van der Waals surface area contributed by atoms with Crippen molar-refractivity contribution in [3.05, 3.63) is 29.8 Å². The summed E-state index contributed by atoms with van der Waals surface area (Å²) in [7, 11) is -1.87. The van der Waals surface area contributed by atoms with Crippen LogP contribution in [0.4, 0.5) is 0 Å². The van der Waals surface area contributed by atoms with Gasteiger partial charge in [-0.2, -0.15) is 4.31 Å². The van der Waals surface area contributed by atoms with Crippen LogP contribution in [0.5, 0.6) is 5.75 Å². The number of methoxy groups -OCH3 is 1. The van der Waals surface area contributed by atoms with Crippen LogP contribution in [0.1, 0.15) is 25.3 Å². The van der Waals surface area contributed by atoms with Crippen LogP contribution >= 0.6 is 0 Å². The second-order valence-corrected chi connectivity index (χ2v) is 8.73. The van der Waals surface area contributed by atoms with Crippen LogP contribution in [0.15, 0.2) is 24.3 Å². The van der Waals surface area contributed by atoms with E-state index in [-0.39, 0.29) is 19.0 Å². The highest BCUT2D eigenvalue weighted by molar-refractivity contribution is 7.88. The molecule has 1 atom stereocenters. The first-order chi connectivity index (χ1) is 11.8. The van der Waals surface area contributed by atoms with Crippen LogP contribution in [0.25, 0.3) is 0 Å². The lowest BCUT2D eigenvalue weighted by molar-refractivity contribution is -0.133. The number of hydrogen-bond acceptors (Lipinski definition) is 4. The Morgan fingerprint density at radius 2 is 2.08 bits per heavy atom. The Kier molecular flexibility index (Phi) is 6.84. The van der Waals surface area contributed by atoms with E-state index < -0.39 is 10.0 Å². The molecule has 1 aliphatic rings. The number of carbonyl (C=O) groups is 1. The minimum atomic E-state index is -3.46. The molecule has 1 aromatic rings. The standard InChI is InChI=1S/C18H28N2O4S/c1-15-7-6-11-19(13-15)18(21)14-20(25(3,22)23)12-10-16-8-4-5-9-17(16)24-2/h4-5,8-9,15H,6-7,10-14H2,1-3H3. The number of para-hydroxylation sites is 1. The van der Waals surface area contributed by atoms with Gasteiger partial charge in [-0.25, -0.2) is 8.42 Å². The molecule has 25 heavy (non-hydrogen) atoms. The fraction of sp³-hybridized carbons (Fsp3) is 0.611. The second-order valence-electron chi connectivity index (χ2n) is 6.75. The molecule has 6 nitrogen and oxygen atoms in total. The van der Waals surface area contributed by atoms with Crippen LogP contribution in [0.2, 0.25) is 0 Å². The normalized spacial score (nSPS) is 18.4. The summed E-state index contributed by atoms with van der Waals surface area (Å²) in [6.07, 6.45) is 3.75. The zero-order valence-electron chi connectivity index (χ0n) is 15.3. The molecule has 1 saturated heterocycles. The fourth-order valence-electron chi connectivity index (χ4n) is 3.18. The fourth-order valence-corrected chi connectivity index (χ4v) is 3.95. The Hall–Kier alpha value is -1.60. The number of amides is 1. The molecule has 1 unspecified atom stereocenters. The van der Waals surface area contributed by atoms with E-state index in [2.05, 4.69) is 6.92 Å². The third-order valence-electron chi connectivity index (χ3n) is 4.61. The molecule has 0 saturated carbocycles. The van der Waals surface area contributed by atoms with Gasteiger partial charge in [0.2, 0.25) is 15.9 Å². The van der Waals surface area contributed by atoms with Gasteiger partial charge < -0.3 is 9.64 Å². The molecular formula is C18H28N2O4S. The van der Waals surface area contributed by atoms with Crippen molar-refractivity contribution in [3.63, 3.8) is 0 Å². The summed E-state index contributed by atoms with van der Waals surface area (Å²) in [5.41, 5.74) is 0.928. The number of carbonyl (C=O) groups excluding carboxylic acids is 1. The van der Waals surface area contributed by atoms with E-state index in [9.17, 15) is 13.2 Å². The summed E-state index contributed by atoms with van der Waals surface area (Å²) in [6, 6.07) is 7.52. The van der Waals surface area contributed by atoms with Crippen molar-refractivity contribution in [2.45, 2.75) is 26.2 Å². The lowest BCUT2D eigenvalue weighted by atomic mass is 10.0. The van der Waals surface area contributed by atoms with Crippen molar-refractivity contribution in [2.75, 3.05) is 39.5 Å². The molecule has 7 heteroatoms. The molecule has 0 spiro atoms. The topological polar surface area (TPSA) is 66.9 Å². The van der Waals surface area contributed by atoms with Crippen molar-refractivity contribution in [1.82, 2.24) is 9.21 Å². The number of benzene rings is 1. The average Bonchev–Trinajstić information content (AvgIpc) is 2.57. The van der Waals surface area contributed by atoms with Gasteiger partial charge in [0, 0.05) is 19.6 Å². The molecule has 2 rings (SSSR count). The molecule has 1 heterocycles. The van der Waals surface area contributed by atoms with Gasteiger partial charge in [-0.15, -0.1) is 0 Å². The number of rotatable bonds is 7. The van der Waals surface area contributed by atoms with Crippen LogP contribution in [0.3, 0.4) is 0 Å². The molecule has 1 aromatic carbocycles. The Morgan fingerprint density at radius 1 is 1.36 bits per heavy atom. The maximum Gasteiger partial charge on any atom is 0.237 e. The molecule has 1 fully saturated rings. The SMILES string of the molecule is COc1ccccc1CCN(CC(=O)N1CCCC(C)C1)S(C)(=O)=O. The van der Waals surface area contributed by atoms with Crippen LogP contribution in [0, 0.1) is 5.92 Å². The van der Waals surface area contributed by atoms with Crippen LogP contribution < -0.4 is 4.74 Å². The van der Waals surface area contributed by atoms with Gasteiger partial charge in [0.15, 0.2) is 0 Å². The van der Waals surface area contributed by atoms with Gasteiger partial charge in [-0.05, 0) is 36.8 Å². The van der Waals surface area contributed by atoms with E-state index in [1.807, 2.05) is 24.3 Å². The minimum absolute atomic E-state index is 0.0965. The largest absolute Gasteiger partial charge is 0.496 e. The number of nitrogens with zero attached hydrogens (tertiary/aromatic N) is 2. The lowest BCUT2D eigenvalue weighted by Crippen LogP contribution is -2.46. The molecule has 0 N–H and O–H groups in total. The first-order valence-electron chi connectivity index (χ1n) is 8.66. The molecule has 1 aliphatic heterocycles. The van der Waals surface area contributed by atoms with Gasteiger partial charge in [-0.1, -0.05) is 25.1 Å². The number of hydrogen-bond donors (Lipinski definition) is 0. The van der Waals surface area contributed by atoms with Crippen molar-refractivity contribution < 1.29 is 17.9 Å². The summed E-state index contributed by atoms with van der Waals surface area (Å²) in [5, 5.41) is 0. The van der Waals surface area contributed by atoms with Crippen molar-refractivity contribution in [2.24, 2.45) is 5.92 Å². The van der Waals surface area contributed by atoms with Crippen LogP contribution in [-0.2, 0) is 21.2 Å². The third-order valence-corrected chi connectivity index (χ3v) is 5.86. The first-order valence-corrected chi connectivity index (χ1v) is 10.5. The molecule has 0 radical (unpaired) electrons. The Labute approximate surface area is 150 Å². The molecule has 0 aliphatic carbocycles. The summed E-state index contributed by atoms with van der Waals surface area (Å²) in [6.45, 7) is 3.71. The van der Waals surface area contributed by atoms with Gasteiger partial charge in [0.25, 0.3) is 0 Å². The van der Waals surface area contributed by atoms with E-state index in [0.29, 0.717) is 25.4 Å². The van der Waals surface area contributed by atoms with Crippen molar-refractivity contribution in [3.8, 4) is 5.75 Å². The number of piperidine rings is 1. The molecule has 0 aromatic heterocycles. The first kappa shape index (κ1) is 19.7. The Balaban J connectivity index is 2.03. The molecule has 140 valence electrons. The van der Waals surface area contributed by atoms with Crippen molar-refractivity contribution in [1.29, 1.82) is 0 Å². The van der Waals surface area contributed by atoms with E-state index >= 15 is 0 Å². The second kappa shape index (κ2) is 8.67. The molecule has 1 amide bonds. The lowest BCUT2D eigenvalue weighted by Gasteiger charge is -2.32. The van der Waals surface area contributed by atoms with E-state index in [0.717, 1.165) is 30.4 Å². The number of sulfonamides is 1. The smallest absolute Gasteiger partial charge is 0.237 e. The Bertz CT molecular complexity index is 690. The summed E-state index contributed by atoms with van der Waals surface area (Å²) in [4.78, 5) is 14.3. The van der Waals surface area contributed by atoms with Gasteiger partial charge in [-0.3, -0.25) is 4.79 Å². The summed E-state index contributed by atoms with van der Waals surface area (Å²) in [5.74, 6) is 1.09. The quantitative estimate of drug-likeness (QED) is 0.735. The molecule has 0 bridgehead atoms. The van der Waals surface area contributed by atoms with Crippen molar-refractivity contribution >= 4 is 15.9 Å². The van der Waals surface area contributed by atoms with Gasteiger partial charge in [0.1, 0.15) is 5.75 Å². The minimum Gasteiger partial charge on any atom is -0.496 e. The van der Waals surface area contributed by atoms with Crippen LogP contribution in [-0.4, -0.2) is 63.1 Å². The summed E-state index contributed by atoms with van der Waals surface area (Å²) < 4.78 is 30.8. The number of likely N-dealkylation sites (tertiary alicyclic amines) is 1. The highest BCUT2D eigenvalue weighted by Gasteiger charge is 2.26. The van der Waals surface area contributed by atoms with E-state index in [1.165, 1.54) is 4.31 Å². The zero-order chi connectivity index (χ0) is 18.4. The third kappa shape index (κ3) is 5.71. The Morgan fingerprint density at radius 3 is 2.72 bits per heavy atom. The maximum atomic E-state index is 12.5. The van der Waals surface area contributed by atoms with Gasteiger partial charge >= 0.3 is 0 Å². The zero-order valence-corrected chi connectivity index (χ0v) is 16.1. The maximum absolute atomic E-state index is 12.5. The highest BCUT2D eigenvalue weighted by Crippen LogP contribution is 2.19. The van der Waals surface area contributed by atoms with E-state index in [1.54, 1.807) is 12.0 Å². The van der Waals surface area contributed by atoms with E-state index in [4.69, 9.17) is 4.74 Å².